The number of aromatic nitrogens is 3. The first-order valence-electron chi connectivity index (χ1n) is 8.39. The Morgan fingerprint density at radius 3 is 2.76 bits per heavy atom. The second-order valence-corrected chi connectivity index (χ2v) is 6.30. The first kappa shape index (κ1) is 17.0. The zero-order chi connectivity index (χ0) is 17.8. The Kier molecular flexibility index (Phi) is 4.97. The van der Waals surface area contributed by atoms with Gasteiger partial charge in [0.2, 0.25) is 0 Å². The van der Waals surface area contributed by atoms with E-state index >= 15 is 0 Å². The van der Waals surface area contributed by atoms with Crippen LogP contribution in [0.5, 0.6) is 0 Å². The summed E-state index contributed by atoms with van der Waals surface area (Å²) in [4.78, 5) is 12.4. The van der Waals surface area contributed by atoms with Gasteiger partial charge >= 0.3 is 0 Å². The van der Waals surface area contributed by atoms with Crippen LogP contribution in [0.1, 0.15) is 47.1 Å². The lowest BCUT2D eigenvalue weighted by Gasteiger charge is -2.06. The van der Waals surface area contributed by atoms with Gasteiger partial charge in [-0.05, 0) is 31.0 Å². The van der Waals surface area contributed by atoms with Gasteiger partial charge in [0.25, 0.3) is 5.91 Å². The number of benzene rings is 1. The fourth-order valence-corrected chi connectivity index (χ4v) is 2.68. The molecule has 0 aliphatic heterocycles. The molecule has 25 heavy (non-hydrogen) atoms. The van der Waals surface area contributed by atoms with Crippen LogP contribution in [0, 0.1) is 6.92 Å². The smallest absolute Gasteiger partial charge is 0.256 e. The Balaban J connectivity index is 1.60. The summed E-state index contributed by atoms with van der Waals surface area (Å²) in [5, 5.41) is 11.2. The molecule has 2 aromatic heterocycles. The van der Waals surface area contributed by atoms with Crippen LogP contribution >= 0.6 is 0 Å². The van der Waals surface area contributed by atoms with Gasteiger partial charge in [-0.2, -0.15) is 5.10 Å². The SMILES string of the molecule is Cc1noc(C(C)C)c1C(=O)NCCc1cnn(-c2ccccc2)c1. The van der Waals surface area contributed by atoms with Gasteiger partial charge in [0.1, 0.15) is 5.56 Å². The quantitative estimate of drug-likeness (QED) is 0.749. The Hall–Kier alpha value is -2.89. The van der Waals surface area contributed by atoms with Crippen molar-refractivity contribution in [3.8, 4) is 5.69 Å². The number of aryl methyl sites for hydroxylation is 1. The summed E-state index contributed by atoms with van der Waals surface area (Å²) in [6, 6.07) is 9.93. The van der Waals surface area contributed by atoms with E-state index in [0.717, 1.165) is 11.3 Å². The summed E-state index contributed by atoms with van der Waals surface area (Å²) < 4.78 is 7.10. The molecule has 0 radical (unpaired) electrons. The number of amides is 1. The minimum atomic E-state index is -0.141. The third-order valence-corrected chi connectivity index (χ3v) is 4.00. The second kappa shape index (κ2) is 7.34. The van der Waals surface area contributed by atoms with Gasteiger partial charge in [0.15, 0.2) is 5.76 Å². The highest BCUT2D eigenvalue weighted by molar-refractivity contribution is 5.96. The summed E-state index contributed by atoms with van der Waals surface area (Å²) in [6.45, 7) is 6.28. The van der Waals surface area contributed by atoms with Crippen molar-refractivity contribution in [2.75, 3.05) is 6.54 Å². The minimum Gasteiger partial charge on any atom is -0.360 e. The molecule has 1 aromatic carbocycles. The molecule has 0 fully saturated rings. The molecule has 2 heterocycles. The van der Waals surface area contributed by atoms with Gasteiger partial charge < -0.3 is 9.84 Å². The number of hydrogen-bond donors (Lipinski definition) is 1. The van der Waals surface area contributed by atoms with E-state index in [4.69, 9.17) is 4.52 Å². The van der Waals surface area contributed by atoms with Gasteiger partial charge in [-0.15, -0.1) is 0 Å². The van der Waals surface area contributed by atoms with Crippen LogP contribution in [-0.2, 0) is 6.42 Å². The van der Waals surface area contributed by atoms with Gasteiger partial charge in [-0.3, -0.25) is 4.79 Å². The van der Waals surface area contributed by atoms with Gasteiger partial charge in [-0.1, -0.05) is 37.2 Å². The lowest BCUT2D eigenvalue weighted by molar-refractivity contribution is 0.0951. The second-order valence-electron chi connectivity index (χ2n) is 6.30. The highest BCUT2D eigenvalue weighted by atomic mass is 16.5. The Morgan fingerprint density at radius 1 is 1.28 bits per heavy atom. The van der Waals surface area contributed by atoms with Crippen LogP contribution in [0.2, 0.25) is 0 Å². The van der Waals surface area contributed by atoms with E-state index in [1.54, 1.807) is 6.92 Å². The summed E-state index contributed by atoms with van der Waals surface area (Å²) >= 11 is 0. The average Bonchev–Trinajstić information content (AvgIpc) is 3.22. The van der Waals surface area contributed by atoms with Crippen LogP contribution in [0.3, 0.4) is 0 Å². The molecule has 0 aliphatic rings. The molecule has 6 heteroatoms. The number of carbonyl (C=O) groups is 1. The zero-order valence-electron chi connectivity index (χ0n) is 14.7. The third-order valence-electron chi connectivity index (χ3n) is 4.00. The number of hydrogen-bond acceptors (Lipinski definition) is 4. The molecule has 0 spiro atoms. The molecule has 0 unspecified atom stereocenters. The molecule has 0 aliphatic carbocycles. The van der Waals surface area contributed by atoms with Crippen LogP contribution in [-0.4, -0.2) is 27.4 Å². The molecule has 0 atom stereocenters. The normalized spacial score (nSPS) is 11.0. The molecule has 3 rings (SSSR count). The molecule has 1 N–H and O–H groups in total. The summed E-state index contributed by atoms with van der Waals surface area (Å²) in [5.74, 6) is 0.607. The highest BCUT2D eigenvalue weighted by Gasteiger charge is 2.22. The molecule has 3 aromatic rings. The predicted octanol–water partition coefficient (Wildman–Crippen LogP) is 3.26. The van der Waals surface area contributed by atoms with E-state index in [9.17, 15) is 4.79 Å². The van der Waals surface area contributed by atoms with Crippen molar-refractivity contribution in [2.45, 2.75) is 33.1 Å². The lowest BCUT2D eigenvalue weighted by Crippen LogP contribution is -2.27. The molecular formula is C19H22N4O2. The topological polar surface area (TPSA) is 73.0 Å². The van der Waals surface area contributed by atoms with Crippen molar-refractivity contribution >= 4 is 5.91 Å². The standard InChI is InChI=1S/C19H22N4O2/c1-13(2)18-17(14(3)22-25-18)19(24)20-10-9-15-11-21-23(12-15)16-7-5-4-6-8-16/h4-8,11-13H,9-10H2,1-3H3,(H,20,24). The maximum Gasteiger partial charge on any atom is 0.256 e. The monoisotopic (exact) mass is 338 g/mol. The number of rotatable bonds is 6. The van der Waals surface area contributed by atoms with Crippen molar-refractivity contribution in [1.29, 1.82) is 0 Å². The van der Waals surface area contributed by atoms with E-state index in [2.05, 4.69) is 15.6 Å². The molecule has 130 valence electrons. The van der Waals surface area contributed by atoms with E-state index in [1.165, 1.54) is 0 Å². The largest absolute Gasteiger partial charge is 0.360 e. The zero-order valence-corrected chi connectivity index (χ0v) is 14.7. The van der Waals surface area contributed by atoms with Crippen molar-refractivity contribution in [3.05, 3.63) is 65.3 Å². The Labute approximate surface area is 146 Å². The highest BCUT2D eigenvalue weighted by Crippen LogP contribution is 2.22. The van der Waals surface area contributed by atoms with E-state index in [-0.39, 0.29) is 11.8 Å². The first-order valence-corrected chi connectivity index (χ1v) is 8.39. The average molecular weight is 338 g/mol. The molecular weight excluding hydrogens is 316 g/mol. The Morgan fingerprint density at radius 2 is 2.04 bits per heavy atom. The molecule has 1 amide bonds. The number of nitrogens with one attached hydrogen (secondary N) is 1. The van der Waals surface area contributed by atoms with E-state index in [0.29, 0.717) is 30.0 Å². The molecule has 0 bridgehead atoms. The van der Waals surface area contributed by atoms with Crippen LogP contribution < -0.4 is 5.32 Å². The number of nitrogens with zero attached hydrogens (tertiary/aromatic N) is 3. The summed E-state index contributed by atoms with van der Waals surface area (Å²) in [5.41, 5.74) is 3.25. The van der Waals surface area contributed by atoms with Crippen LogP contribution in [0.4, 0.5) is 0 Å². The molecule has 6 nitrogen and oxygen atoms in total. The first-order chi connectivity index (χ1) is 12.1. The maximum absolute atomic E-state index is 12.4. The van der Waals surface area contributed by atoms with Crippen molar-refractivity contribution in [3.63, 3.8) is 0 Å². The minimum absolute atomic E-state index is 0.117. The van der Waals surface area contributed by atoms with Crippen molar-refractivity contribution in [1.82, 2.24) is 20.3 Å². The fraction of sp³-hybridized carbons (Fsp3) is 0.316. The lowest BCUT2D eigenvalue weighted by atomic mass is 10.0. The van der Waals surface area contributed by atoms with Crippen molar-refractivity contribution in [2.24, 2.45) is 0 Å². The van der Waals surface area contributed by atoms with Gasteiger partial charge in [-0.25, -0.2) is 4.68 Å². The van der Waals surface area contributed by atoms with Crippen LogP contribution in [0.15, 0.2) is 47.2 Å². The van der Waals surface area contributed by atoms with Gasteiger partial charge in [0.05, 0.1) is 17.6 Å². The number of carbonyl (C=O) groups excluding carboxylic acids is 1. The summed E-state index contributed by atoms with van der Waals surface area (Å²) in [7, 11) is 0. The number of para-hydroxylation sites is 1. The Bertz CT molecular complexity index is 849. The predicted molar refractivity (Wildman–Crippen MR) is 94.9 cm³/mol. The van der Waals surface area contributed by atoms with Gasteiger partial charge in [0, 0.05) is 18.7 Å². The third kappa shape index (κ3) is 3.79. The van der Waals surface area contributed by atoms with Crippen molar-refractivity contribution < 1.29 is 9.32 Å². The molecule has 0 saturated heterocycles. The summed E-state index contributed by atoms with van der Waals surface area (Å²) in [6.07, 6.45) is 4.51. The fourth-order valence-electron chi connectivity index (χ4n) is 2.68. The maximum atomic E-state index is 12.4. The van der Waals surface area contributed by atoms with Crippen LogP contribution in [0.25, 0.3) is 5.69 Å². The van der Waals surface area contributed by atoms with E-state index < -0.39 is 0 Å². The van der Waals surface area contributed by atoms with E-state index in [1.807, 2.05) is 61.3 Å². The molecule has 0 saturated carbocycles.